The number of aliphatic hydroxyl groups excluding tert-OH is 4. The van der Waals surface area contributed by atoms with Crippen molar-refractivity contribution in [3.8, 4) is 0 Å². The van der Waals surface area contributed by atoms with Gasteiger partial charge in [0.1, 0.15) is 18.3 Å². The Labute approximate surface area is 257 Å². The van der Waals surface area contributed by atoms with E-state index in [4.69, 9.17) is 9.47 Å². The van der Waals surface area contributed by atoms with Crippen molar-refractivity contribution < 1.29 is 39.8 Å². The van der Waals surface area contributed by atoms with Crippen LogP contribution in [0.25, 0.3) is 0 Å². The van der Waals surface area contributed by atoms with Gasteiger partial charge in [-0.25, -0.2) is 0 Å². The van der Waals surface area contributed by atoms with Gasteiger partial charge in [0, 0.05) is 5.41 Å². The molecule has 4 saturated carbocycles. The van der Waals surface area contributed by atoms with Crippen LogP contribution >= 0.6 is 0 Å². The molecule has 5 N–H and O–H groups in total. The summed E-state index contributed by atoms with van der Waals surface area (Å²) in [6.07, 6.45) is 6.03. The highest BCUT2D eigenvalue weighted by molar-refractivity contribution is 5.76. The second-order valence-corrected chi connectivity index (χ2v) is 17.3. The van der Waals surface area contributed by atoms with E-state index in [0.29, 0.717) is 12.3 Å². The van der Waals surface area contributed by atoms with Crippen molar-refractivity contribution in [3.05, 3.63) is 11.6 Å². The van der Waals surface area contributed by atoms with E-state index in [2.05, 4.69) is 47.6 Å². The lowest BCUT2D eigenvalue weighted by Crippen LogP contribution is -2.66. The standard InChI is InChI=1S/C35H56O8/c1-30(2)13-15-35(29(40)41)16-14-33(5)20(21(35)17-30)7-8-24-31(3)11-10-25(43-28-27(39)26(38)22(37)18-42-28)32(4,19-36)23(31)9-12-34(24,33)6/h7,21-28,36-39H,8-19H2,1-6H3,(H,40,41)/t21-,22+,23+,24-,25+,26+,27-,28+,31+,32-,33-,34-,35+/m1/s1. The zero-order chi connectivity index (χ0) is 31.4. The number of ether oxygens (including phenoxy) is 2. The maximum Gasteiger partial charge on any atom is 0.310 e. The number of aliphatic hydroxyl groups is 4. The van der Waals surface area contributed by atoms with Crippen molar-refractivity contribution >= 4 is 5.97 Å². The number of hydrogen-bond acceptors (Lipinski definition) is 7. The van der Waals surface area contributed by atoms with E-state index in [0.717, 1.165) is 57.8 Å². The fourth-order valence-corrected chi connectivity index (χ4v) is 11.9. The minimum Gasteiger partial charge on any atom is -0.481 e. The molecule has 13 atom stereocenters. The molecule has 0 aromatic carbocycles. The summed E-state index contributed by atoms with van der Waals surface area (Å²) in [4.78, 5) is 12.9. The van der Waals surface area contributed by atoms with Gasteiger partial charge in [0.05, 0.1) is 24.7 Å². The Balaban J connectivity index is 1.32. The van der Waals surface area contributed by atoms with Gasteiger partial charge in [-0.1, -0.05) is 53.2 Å². The van der Waals surface area contributed by atoms with Crippen molar-refractivity contribution in [2.75, 3.05) is 13.2 Å². The monoisotopic (exact) mass is 604 g/mol. The second kappa shape index (κ2) is 10.2. The molecule has 43 heavy (non-hydrogen) atoms. The zero-order valence-electron chi connectivity index (χ0n) is 27.1. The number of carboxylic acids is 1. The minimum absolute atomic E-state index is 0.0154. The lowest BCUT2D eigenvalue weighted by molar-refractivity contribution is -0.312. The molecule has 5 aliphatic carbocycles. The molecule has 0 unspecified atom stereocenters. The fraction of sp³-hybridized carbons (Fsp3) is 0.914. The lowest BCUT2D eigenvalue weighted by Gasteiger charge is -2.71. The molecule has 1 heterocycles. The van der Waals surface area contributed by atoms with Crippen LogP contribution in [0, 0.1) is 50.2 Å². The van der Waals surface area contributed by atoms with E-state index >= 15 is 0 Å². The molecule has 0 aromatic rings. The third kappa shape index (κ3) is 4.32. The first-order valence-electron chi connectivity index (χ1n) is 16.9. The molecule has 244 valence electrons. The van der Waals surface area contributed by atoms with Crippen LogP contribution < -0.4 is 0 Å². The highest BCUT2D eigenvalue weighted by Crippen LogP contribution is 2.76. The van der Waals surface area contributed by atoms with Gasteiger partial charge in [0.2, 0.25) is 0 Å². The van der Waals surface area contributed by atoms with E-state index in [1.807, 2.05) is 0 Å². The summed E-state index contributed by atoms with van der Waals surface area (Å²) in [5.41, 5.74) is 0.232. The number of hydrogen-bond donors (Lipinski definition) is 5. The van der Waals surface area contributed by atoms with Crippen LogP contribution in [0.4, 0.5) is 0 Å². The van der Waals surface area contributed by atoms with Crippen molar-refractivity contribution in [3.63, 3.8) is 0 Å². The molecular formula is C35H56O8. The van der Waals surface area contributed by atoms with E-state index in [-0.39, 0.29) is 52.8 Å². The third-order valence-electron chi connectivity index (χ3n) is 14.9. The van der Waals surface area contributed by atoms with Gasteiger partial charge in [0.15, 0.2) is 6.29 Å². The van der Waals surface area contributed by atoms with Crippen molar-refractivity contribution in [1.29, 1.82) is 0 Å². The molecule has 8 nitrogen and oxygen atoms in total. The van der Waals surface area contributed by atoms with Gasteiger partial charge in [-0.3, -0.25) is 4.79 Å². The molecule has 6 aliphatic rings. The number of carbonyl (C=O) groups is 1. The Morgan fingerprint density at radius 3 is 2.30 bits per heavy atom. The lowest BCUT2D eigenvalue weighted by atomic mass is 9.33. The van der Waals surface area contributed by atoms with E-state index in [9.17, 15) is 30.3 Å². The summed E-state index contributed by atoms with van der Waals surface area (Å²) in [5.74, 6) is 0.0529. The van der Waals surface area contributed by atoms with Gasteiger partial charge < -0.3 is 35.0 Å². The first-order valence-corrected chi connectivity index (χ1v) is 16.9. The fourth-order valence-electron chi connectivity index (χ4n) is 11.9. The summed E-state index contributed by atoms with van der Waals surface area (Å²) >= 11 is 0. The van der Waals surface area contributed by atoms with Crippen LogP contribution in [-0.4, -0.2) is 75.4 Å². The Hall–Kier alpha value is -1.03. The Bertz CT molecular complexity index is 1150. The van der Waals surface area contributed by atoms with Gasteiger partial charge >= 0.3 is 5.97 Å². The molecule has 6 rings (SSSR count). The Kier molecular flexibility index (Phi) is 7.60. The van der Waals surface area contributed by atoms with Crippen LogP contribution in [0.5, 0.6) is 0 Å². The molecule has 0 radical (unpaired) electrons. The highest BCUT2D eigenvalue weighted by Gasteiger charge is 2.70. The van der Waals surface area contributed by atoms with E-state index in [1.54, 1.807) is 0 Å². The predicted octanol–water partition coefficient (Wildman–Crippen LogP) is 4.67. The summed E-state index contributed by atoms with van der Waals surface area (Å²) < 4.78 is 12.0. The van der Waals surface area contributed by atoms with E-state index in [1.165, 1.54) is 5.57 Å². The molecule has 0 spiro atoms. The Morgan fingerprint density at radius 1 is 0.930 bits per heavy atom. The average Bonchev–Trinajstić information content (AvgIpc) is 2.94. The zero-order valence-corrected chi connectivity index (χ0v) is 27.1. The first-order chi connectivity index (χ1) is 20.0. The second-order valence-electron chi connectivity index (χ2n) is 17.3. The molecule has 0 aromatic heterocycles. The molecular weight excluding hydrogens is 548 g/mol. The molecule has 0 amide bonds. The van der Waals surface area contributed by atoms with Crippen molar-refractivity contribution in [1.82, 2.24) is 0 Å². The van der Waals surface area contributed by atoms with Gasteiger partial charge in [0.25, 0.3) is 0 Å². The van der Waals surface area contributed by atoms with Crippen molar-refractivity contribution in [2.45, 2.75) is 136 Å². The number of rotatable bonds is 4. The molecule has 1 saturated heterocycles. The molecule has 1 aliphatic heterocycles. The number of aliphatic carboxylic acids is 1. The molecule has 0 bridgehead atoms. The maximum atomic E-state index is 12.9. The largest absolute Gasteiger partial charge is 0.481 e. The summed E-state index contributed by atoms with van der Waals surface area (Å²) in [7, 11) is 0. The summed E-state index contributed by atoms with van der Waals surface area (Å²) in [6, 6.07) is 0. The quantitative estimate of drug-likeness (QED) is 0.231. The van der Waals surface area contributed by atoms with Crippen LogP contribution in [0.1, 0.15) is 106 Å². The third-order valence-corrected chi connectivity index (χ3v) is 14.9. The number of allylic oxidation sites excluding steroid dienone is 2. The van der Waals surface area contributed by atoms with Crippen LogP contribution in [0.3, 0.4) is 0 Å². The summed E-state index contributed by atoms with van der Waals surface area (Å²) in [6.45, 7) is 13.9. The smallest absolute Gasteiger partial charge is 0.310 e. The SMILES string of the molecule is CC1(C)CC[C@]2(C(=O)O)CC[C@]3(C)C(=CC[C@@H]4[C@@]5(C)CC[C@H](O[C@@H]6OC[C@H](O)[C@H](O)[C@H]6O)[C@](C)(CO)[C@H]5CC[C@]43C)[C@H]2C1. The normalized spacial score (nSPS) is 54.3. The van der Waals surface area contributed by atoms with Gasteiger partial charge in [-0.05, 0) is 104 Å². The van der Waals surface area contributed by atoms with E-state index < -0.39 is 41.4 Å². The highest BCUT2D eigenvalue weighted by atomic mass is 16.7. The Morgan fingerprint density at radius 2 is 1.63 bits per heavy atom. The van der Waals surface area contributed by atoms with Crippen LogP contribution in [0.15, 0.2) is 11.6 Å². The van der Waals surface area contributed by atoms with Crippen LogP contribution in [-0.2, 0) is 14.3 Å². The maximum absolute atomic E-state index is 12.9. The van der Waals surface area contributed by atoms with Gasteiger partial charge in [-0.15, -0.1) is 0 Å². The number of carboxylic acid groups (broad SMARTS) is 1. The topological polar surface area (TPSA) is 137 Å². The van der Waals surface area contributed by atoms with Gasteiger partial charge in [-0.2, -0.15) is 0 Å². The summed E-state index contributed by atoms with van der Waals surface area (Å²) in [5, 5.41) is 52.3. The molecule has 5 fully saturated rings. The predicted molar refractivity (Wildman–Crippen MR) is 161 cm³/mol. The van der Waals surface area contributed by atoms with Crippen LogP contribution in [0.2, 0.25) is 0 Å². The number of fused-ring (bicyclic) bond motifs is 7. The average molecular weight is 605 g/mol. The van der Waals surface area contributed by atoms with Crippen molar-refractivity contribution in [2.24, 2.45) is 50.2 Å². The minimum atomic E-state index is -1.36. The first kappa shape index (κ1) is 31.9. The molecule has 8 heteroatoms.